The van der Waals surface area contributed by atoms with Gasteiger partial charge in [-0.25, -0.2) is 9.59 Å². The number of hydrogen-bond acceptors (Lipinski definition) is 4. The van der Waals surface area contributed by atoms with Crippen LogP contribution in [0.1, 0.15) is 59.7 Å². The zero-order valence-corrected chi connectivity index (χ0v) is 22.1. The van der Waals surface area contributed by atoms with Crippen molar-refractivity contribution in [3.63, 3.8) is 0 Å². The molecule has 2 amide bonds. The van der Waals surface area contributed by atoms with Crippen LogP contribution in [0.15, 0.2) is 30.3 Å². The summed E-state index contributed by atoms with van der Waals surface area (Å²) in [6, 6.07) is 0.0605. The van der Waals surface area contributed by atoms with Gasteiger partial charge in [0.15, 0.2) is 0 Å². The number of aryl methyl sites for hydroxylation is 1. The highest BCUT2D eigenvalue weighted by molar-refractivity contribution is 5.91. The van der Waals surface area contributed by atoms with Crippen LogP contribution < -0.4 is 4.90 Å². The summed E-state index contributed by atoms with van der Waals surface area (Å²) < 4.78 is 132. The largest absolute Gasteiger partial charge is 0.453 e. The van der Waals surface area contributed by atoms with Gasteiger partial charge in [0.2, 0.25) is 0 Å². The number of fused-ring (bicyclic) bond motifs is 1. The van der Waals surface area contributed by atoms with Crippen LogP contribution in [0.5, 0.6) is 0 Å². The summed E-state index contributed by atoms with van der Waals surface area (Å²) in [4.78, 5) is 27.5. The number of carbonyl (C=O) groups excluding carboxylic acids is 2. The fourth-order valence-corrected chi connectivity index (χ4v) is 4.82. The lowest BCUT2D eigenvalue weighted by Crippen LogP contribution is -2.48. The number of hydrogen-bond donors (Lipinski definition) is 0. The van der Waals surface area contributed by atoms with Crippen molar-refractivity contribution >= 4 is 17.9 Å². The number of methoxy groups -OCH3 is 1. The minimum absolute atomic E-state index is 0.0253. The van der Waals surface area contributed by atoms with Crippen molar-refractivity contribution in [2.24, 2.45) is 0 Å². The summed E-state index contributed by atoms with van der Waals surface area (Å²) >= 11 is 0. The van der Waals surface area contributed by atoms with Crippen molar-refractivity contribution in [2.75, 3.05) is 18.6 Å². The molecule has 0 saturated heterocycles. The van der Waals surface area contributed by atoms with Gasteiger partial charge in [-0.05, 0) is 74.2 Å². The minimum Gasteiger partial charge on any atom is -0.453 e. The van der Waals surface area contributed by atoms with Crippen LogP contribution in [0.2, 0.25) is 0 Å². The molecule has 0 aliphatic carbocycles. The Kier molecular flexibility index (Phi) is 8.80. The molecule has 0 aromatic heterocycles. The summed E-state index contributed by atoms with van der Waals surface area (Å²) in [6.45, 7) is 3.36. The van der Waals surface area contributed by atoms with Gasteiger partial charge in [-0.15, -0.1) is 0 Å². The average molecular weight is 600 g/mol. The second-order valence-corrected chi connectivity index (χ2v) is 9.41. The van der Waals surface area contributed by atoms with Crippen molar-refractivity contribution < 1.29 is 58.6 Å². The Morgan fingerprint density at radius 3 is 1.88 bits per heavy atom. The topological polar surface area (TPSA) is 59.1 Å². The van der Waals surface area contributed by atoms with E-state index in [1.54, 1.807) is 0 Å². The molecule has 0 unspecified atom stereocenters. The first-order chi connectivity index (χ1) is 18.8. The van der Waals surface area contributed by atoms with Crippen molar-refractivity contribution in [3.8, 4) is 0 Å². The van der Waals surface area contributed by atoms with Crippen molar-refractivity contribution in [1.29, 1.82) is 0 Å². The molecule has 6 nitrogen and oxygen atoms in total. The third-order valence-electron chi connectivity index (χ3n) is 6.51. The lowest BCUT2D eigenvalue weighted by atomic mass is 9.87. The lowest BCUT2D eigenvalue weighted by molar-refractivity contribution is -0.143. The number of rotatable bonds is 4. The molecule has 0 spiro atoms. The Morgan fingerprint density at radius 2 is 1.41 bits per heavy atom. The predicted octanol–water partition coefficient (Wildman–Crippen LogP) is 8.12. The number of ether oxygens (including phenoxy) is 2. The van der Waals surface area contributed by atoms with Crippen molar-refractivity contribution in [1.82, 2.24) is 4.90 Å². The van der Waals surface area contributed by atoms with Crippen molar-refractivity contribution in [2.45, 2.75) is 64.3 Å². The van der Waals surface area contributed by atoms with Gasteiger partial charge in [0, 0.05) is 12.6 Å². The van der Waals surface area contributed by atoms with E-state index in [2.05, 4.69) is 0 Å². The second kappa shape index (κ2) is 11.3. The highest BCUT2D eigenvalue weighted by atomic mass is 19.4. The molecule has 1 heterocycles. The molecule has 2 atom stereocenters. The van der Waals surface area contributed by atoms with E-state index in [4.69, 9.17) is 9.47 Å². The highest BCUT2D eigenvalue weighted by Gasteiger charge is 2.43. The zero-order chi connectivity index (χ0) is 31.1. The normalized spacial score (nSPS) is 17.6. The van der Waals surface area contributed by atoms with Gasteiger partial charge in [-0.1, -0.05) is 0 Å². The Morgan fingerprint density at radius 1 is 0.902 bits per heavy atom. The maximum atomic E-state index is 13.8. The number of amides is 2. The molecular formula is C26H25F9N2O4. The summed E-state index contributed by atoms with van der Waals surface area (Å²) in [5.41, 5.74) is -5.26. The molecule has 1 aliphatic heterocycles. The number of benzene rings is 2. The van der Waals surface area contributed by atoms with Gasteiger partial charge in [0.1, 0.15) is 0 Å². The third-order valence-corrected chi connectivity index (χ3v) is 6.51. The van der Waals surface area contributed by atoms with E-state index in [1.807, 2.05) is 0 Å². The lowest BCUT2D eigenvalue weighted by Gasteiger charge is -2.43. The molecule has 2 aromatic carbocycles. The van der Waals surface area contributed by atoms with E-state index in [9.17, 15) is 49.1 Å². The highest BCUT2D eigenvalue weighted by Crippen LogP contribution is 2.46. The van der Waals surface area contributed by atoms with Crippen LogP contribution in [0.25, 0.3) is 0 Å². The average Bonchev–Trinajstić information content (AvgIpc) is 2.85. The minimum atomic E-state index is -5.17. The standard InChI is InChI=1S/C26H25F9N2O4/c1-5-41-23(39)37-14(3)7-20(19-11-16(24(27,28)29)6-13(2)21(19)37)36(22(38)40-4)12-15-8-17(25(30,31)32)10-18(9-15)26(33,34)35/h6,8-11,14,20H,5,7,12H2,1-4H3/t14-,20+/m1/s1. The SMILES string of the molecule is CCOC(=O)N1c2c(C)cc(C(F)(F)F)cc2[C@@H](N(Cc2cc(C(F)(F)F)cc(C(F)(F)F)c2)C(=O)OC)C[C@H]1C. The molecule has 0 saturated carbocycles. The van der Waals surface area contributed by atoms with Crippen LogP contribution in [-0.2, 0) is 34.5 Å². The quantitative estimate of drug-likeness (QED) is 0.333. The van der Waals surface area contributed by atoms with E-state index in [-0.39, 0.29) is 35.9 Å². The van der Waals surface area contributed by atoms with Crippen LogP contribution in [0.4, 0.5) is 54.8 Å². The Balaban J connectivity index is 2.25. The van der Waals surface area contributed by atoms with Crippen LogP contribution in [0.3, 0.4) is 0 Å². The van der Waals surface area contributed by atoms with Crippen LogP contribution in [0, 0.1) is 6.92 Å². The monoisotopic (exact) mass is 600 g/mol. The van der Waals surface area contributed by atoms with Crippen molar-refractivity contribution in [3.05, 3.63) is 63.7 Å². The van der Waals surface area contributed by atoms with E-state index in [0.717, 1.165) is 23.0 Å². The van der Waals surface area contributed by atoms with E-state index < -0.39 is 71.6 Å². The van der Waals surface area contributed by atoms with Gasteiger partial charge >= 0.3 is 30.7 Å². The number of anilines is 1. The predicted molar refractivity (Wildman–Crippen MR) is 127 cm³/mol. The van der Waals surface area contributed by atoms with E-state index in [1.165, 1.54) is 20.8 Å². The molecule has 0 radical (unpaired) electrons. The first-order valence-corrected chi connectivity index (χ1v) is 12.1. The molecule has 2 aromatic rings. The van der Waals surface area contributed by atoms with Gasteiger partial charge in [0.05, 0.1) is 42.1 Å². The van der Waals surface area contributed by atoms with E-state index in [0.29, 0.717) is 18.2 Å². The van der Waals surface area contributed by atoms with Gasteiger partial charge < -0.3 is 9.47 Å². The maximum Gasteiger partial charge on any atom is 0.416 e. The molecule has 15 heteroatoms. The summed E-state index contributed by atoms with van der Waals surface area (Å²) in [5.74, 6) is 0. The van der Waals surface area contributed by atoms with Crippen LogP contribution >= 0.6 is 0 Å². The van der Waals surface area contributed by atoms with Gasteiger partial charge in [0.25, 0.3) is 0 Å². The molecular weight excluding hydrogens is 575 g/mol. The Bertz CT molecular complexity index is 1270. The summed E-state index contributed by atoms with van der Waals surface area (Å²) in [6.07, 6.45) is -17.6. The molecule has 0 fully saturated rings. The third kappa shape index (κ3) is 6.81. The molecule has 1 aliphatic rings. The second-order valence-electron chi connectivity index (χ2n) is 9.41. The smallest absolute Gasteiger partial charge is 0.416 e. The molecule has 0 N–H and O–H groups in total. The maximum absolute atomic E-state index is 13.8. The number of nitrogens with zero attached hydrogens (tertiary/aromatic N) is 2. The Hall–Kier alpha value is -3.65. The summed E-state index contributed by atoms with van der Waals surface area (Å²) in [7, 11) is 0.901. The molecule has 226 valence electrons. The molecule has 41 heavy (non-hydrogen) atoms. The van der Waals surface area contributed by atoms with Gasteiger partial charge in [-0.2, -0.15) is 39.5 Å². The van der Waals surface area contributed by atoms with Gasteiger partial charge in [-0.3, -0.25) is 9.80 Å². The first-order valence-electron chi connectivity index (χ1n) is 12.1. The fraction of sp³-hybridized carbons (Fsp3) is 0.462. The zero-order valence-electron chi connectivity index (χ0n) is 22.1. The van der Waals surface area contributed by atoms with Crippen LogP contribution in [-0.4, -0.2) is 36.8 Å². The number of alkyl halides is 9. The summed E-state index contributed by atoms with van der Waals surface area (Å²) in [5, 5.41) is 0. The Labute approximate surface area is 228 Å². The number of carbonyl (C=O) groups is 2. The molecule has 0 bridgehead atoms. The fourth-order valence-electron chi connectivity index (χ4n) is 4.82. The first kappa shape index (κ1) is 31.9. The number of halogens is 9. The molecule has 3 rings (SSSR count). The van der Waals surface area contributed by atoms with E-state index >= 15 is 0 Å².